The summed E-state index contributed by atoms with van der Waals surface area (Å²) in [5, 5.41) is 13.9. The van der Waals surface area contributed by atoms with Crippen LogP contribution >= 0.6 is 0 Å². The van der Waals surface area contributed by atoms with Crippen LogP contribution in [0.4, 0.5) is 24.5 Å². The highest BCUT2D eigenvalue weighted by Crippen LogP contribution is 2.53. The SMILES string of the molecule is CC1(C)[C@H](Nc2ccc([N+](=O)[O-])c(C(F)(F)F)c2)[C@H]2CCO[C@@H]21. The standard InChI is InChI=1S/C15H17F3N2O3/c1-14(2)12(9-5-6-23-13(9)14)19-8-3-4-11(20(21)22)10(7-8)15(16,17)18/h3-4,7,9,12-13,19H,5-6H2,1-2H3/t9-,12-,13+/m1/s1. The van der Waals surface area contributed by atoms with Gasteiger partial charge in [-0.2, -0.15) is 13.2 Å². The Hall–Kier alpha value is -1.83. The van der Waals surface area contributed by atoms with Crippen LogP contribution in [0.15, 0.2) is 18.2 Å². The number of ether oxygens (including phenoxy) is 1. The van der Waals surface area contributed by atoms with Gasteiger partial charge in [0, 0.05) is 35.7 Å². The molecule has 0 aromatic heterocycles. The Balaban J connectivity index is 1.88. The Morgan fingerprint density at radius 3 is 2.70 bits per heavy atom. The zero-order chi connectivity index (χ0) is 17.0. The molecular weight excluding hydrogens is 313 g/mol. The summed E-state index contributed by atoms with van der Waals surface area (Å²) in [4.78, 5) is 9.78. The van der Waals surface area contributed by atoms with Crippen molar-refractivity contribution in [2.75, 3.05) is 11.9 Å². The van der Waals surface area contributed by atoms with Crippen LogP contribution in [0.3, 0.4) is 0 Å². The average molecular weight is 330 g/mol. The lowest BCUT2D eigenvalue weighted by Gasteiger charge is -2.55. The fourth-order valence-corrected chi connectivity index (χ4v) is 3.81. The Morgan fingerprint density at radius 1 is 1.39 bits per heavy atom. The zero-order valence-electron chi connectivity index (χ0n) is 12.7. The summed E-state index contributed by atoms with van der Waals surface area (Å²) in [7, 11) is 0. The van der Waals surface area contributed by atoms with Gasteiger partial charge in [0.1, 0.15) is 5.56 Å². The van der Waals surface area contributed by atoms with E-state index < -0.39 is 22.4 Å². The largest absolute Gasteiger partial charge is 0.423 e. The predicted molar refractivity (Wildman–Crippen MR) is 77.1 cm³/mol. The monoisotopic (exact) mass is 330 g/mol. The minimum absolute atomic E-state index is 0.0162. The fourth-order valence-electron chi connectivity index (χ4n) is 3.81. The third-order valence-electron chi connectivity index (χ3n) is 4.92. The molecule has 1 heterocycles. The van der Waals surface area contributed by atoms with Gasteiger partial charge in [0.15, 0.2) is 0 Å². The second kappa shape index (κ2) is 5.09. The Labute approximate surface area is 131 Å². The number of hydrogen-bond donors (Lipinski definition) is 1. The van der Waals surface area contributed by atoms with Crippen LogP contribution < -0.4 is 5.32 Å². The molecule has 3 atom stereocenters. The van der Waals surface area contributed by atoms with Crippen molar-refractivity contribution in [2.45, 2.75) is 38.6 Å². The summed E-state index contributed by atoms with van der Waals surface area (Å²) in [5.74, 6) is 0.259. The van der Waals surface area contributed by atoms with Crippen molar-refractivity contribution in [3.05, 3.63) is 33.9 Å². The number of hydrogen-bond acceptors (Lipinski definition) is 4. The molecule has 0 radical (unpaired) electrons. The van der Waals surface area contributed by atoms with Gasteiger partial charge >= 0.3 is 6.18 Å². The molecule has 1 aliphatic carbocycles. The van der Waals surface area contributed by atoms with Crippen molar-refractivity contribution in [2.24, 2.45) is 11.3 Å². The molecule has 23 heavy (non-hydrogen) atoms. The molecule has 0 bridgehead atoms. The molecule has 1 saturated carbocycles. The van der Waals surface area contributed by atoms with Gasteiger partial charge in [-0.05, 0) is 18.6 Å². The van der Waals surface area contributed by atoms with Crippen molar-refractivity contribution in [3.8, 4) is 0 Å². The van der Waals surface area contributed by atoms with Crippen LogP contribution in [0.1, 0.15) is 25.8 Å². The third kappa shape index (κ3) is 2.54. The number of nitro benzene ring substituents is 1. The molecule has 1 N–H and O–H groups in total. The summed E-state index contributed by atoms with van der Waals surface area (Å²) in [6.45, 7) is 4.67. The van der Waals surface area contributed by atoms with E-state index in [1.165, 1.54) is 6.07 Å². The normalized spacial score (nSPS) is 28.8. The van der Waals surface area contributed by atoms with E-state index in [-0.39, 0.29) is 29.2 Å². The highest BCUT2D eigenvalue weighted by molar-refractivity contribution is 5.56. The predicted octanol–water partition coefficient (Wildman–Crippen LogP) is 3.84. The van der Waals surface area contributed by atoms with E-state index in [9.17, 15) is 23.3 Å². The Kier molecular flexibility index (Phi) is 3.55. The van der Waals surface area contributed by atoms with Crippen LogP contribution in [0.5, 0.6) is 0 Å². The molecular formula is C15H17F3N2O3. The topological polar surface area (TPSA) is 64.4 Å². The molecule has 1 aliphatic heterocycles. The molecule has 2 fully saturated rings. The highest BCUT2D eigenvalue weighted by Gasteiger charge is 2.59. The van der Waals surface area contributed by atoms with Crippen LogP contribution in [-0.4, -0.2) is 23.7 Å². The van der Waals surface area contributed by atoms with E-state index >= 15 is 0 Å². The number of rotatable bonds is 3. The van der Waals surface area contributed by atoms with Gasteiger partial charge < -0.3 is 10.1 Å². The second-order valence-corrected chi connectivity index (χ2v) is 6.67. The first kappa shape index (κ1) is 16.0. The van der Waals surface area contributed by atoms with E-state index in [0.717, 1.165) is 18.6 Å². The molecule has 2 aliphatic rings. The summed E-state index contributed by atoms with van der Waals surface area (Å²) in [6.07, 6.45) is -3.79. The van der Waals surface area contributed by atoms with Crippen molar-refractivity contribution >= 4 is 11.4 Å². The van der Waals surface area contributed by atoms with Crippen molar-refractivity contribution in [1.29, 1.82) is 0 Å². The number of nitro groups is 1. The number of nitrogens with one attached hydrogen (secondary N) is 1. The van der Waals surface area contributed by atoms with E-state index in [1.807, 2.05) is 13.8 Å². The quantitative estimate of drug-likeness (QED) is 0.675. The molecule has 0 amide bonds. The number of benzene rings is 1. The molecule has 1 saturated heterocycles. The molecule has 1 aromatic carbocycles. The molecule has 126 valence electrons. The molecule has 8 heteroatoms. The van der Waals surface area contributed by atoms with Crippen LogP contribution in [0.25, 0.3) is 0 Å². The zero-order valence-corrected chi connectivity index (χ0v) is 12.7. The maximum Gasteiger partial charge on any atom is 0.423 e. The second-order valence-electron chi connectivity index (χ2n) is 6.67. The average Bonchev–Trinajstić information content (AvgIpc) is 2.90. The van der Waals surface area contributed by atoms with E-state index in [1.54, 1.807) is 0 Å². The van der Waals surface area contributed by atoms with E-state index in [2.05, 4.69) is 5.32 Å². The van der Waals surface area contributed by atoms with Gasteiger partial charge in [-0.1, -0.05) is 13.8 Å². The summed E-state index contributed by atoms with van der Waals surface area (Å²) >= 11 is 0. The number of anilines is 1. The molecule has 0 spiro atoms. The number of halogens is 3. The van der Waals surface area contributed by atoms with Gasteiger partial charge in [0.2, 0.25) is 0 Å². The number of alkyl halides is 3. The maximum atomic E-state index is 13.0. The molecule has 0 unspecified atom stereocenters. The minimum atomic E-state index is -4.77. The summed E-state index contributed by atoms with van der Waals surface area (Å²) < 4.78 is 44.8. The van der Waals surface area contributed by atoms with Gasteiger partial charge in [-0.15, -0.1) is 0 Å². The molecule has 1 aromatic rings. The Morgan fingerprint density at radius 2 is 2.09 bits per heavy atom. The smallest absolute Gasteiger partial charge is 0.381 e. The highest BCUT2D eigenvalue weighted by atomic mass is 19.4. The Bertz CT molecular complexity index is 645. The van der Waals surface area contributed by atoms with Gasteiger partial charge in [0.05, 0.1) is 11.0 Å². The first-order valence-corrected chi connectivity index (χ1v) is 7.36. The van der Waals surface area contributed by atoms with Crippen molar-refractivity contribution in [1.82, 2.24) is 0 Å². The number of fused-ring (bicyclic) bond motifs is 1. The maximum absolute atomic E-state index is 13.0. The molecule has 5 nitrogen and oxygen atoms in total. The summed E-state index contributed by atoms with van der Waals surface area (Å²) in [5.41, 5.74) is -2.12. The van der Waals surface area contributed by atoms with Crippen LogP contribution in [0, 0.1) is 21.4 Å². The van der Waals surface area contributed by atoms with E-state index in [0.29, 0.717) is 6.61 Å². The molecule has 3 rings (SSSR count). The fraction of sp³-hybridized carbons (Fsp3) is 0.600. The number of nitrogens with zero attached hydrogens (tertiary/aromatic N) is 1. The van der Waals surface area contributed by atoms with Crippen LogP contribution in [-0.2, 0) is 10.9 Å². The van der Waals surface area contributed by atoms with Gasteiger partial charge in [-0.25, -0.2) is 0 Å². The van der Waals surface area contributed by atoms with Crippen molar-refractivity contribution in [3.63, 3.8) is 0 Å². The lowest BCUT2D eigenvalue weighted by Crippen LogP contribution is -2.63. The van der Waals surface area contributed by atoms with Gasteiger partial charge in [-0.3, -0.25) is 10.1 Å². The minimum Gasteiger partial charge on any atom is -0.381 e. The third-order valence-corrected chi connectivity index (χ3v) is 4.92. The van der Waals surface area contributed by atoms with Crippen LogP contribution in [0.2, 0.25) is 0 Å². The lowest BCUT2D eigenvalue weighted by molar-refractivity contribution is -0.388. The first-order valence-electron chi connectivity index (χ1n) is 7.36. The van der Waals surface area contributed by atoms with E-state index in [4.69, 9.17) is 4.74 Å². The summed E-state index contributed by atoms with van der Waals surface area (Å²) in [6, 6.07) is 3.03. The first-order chi connectivity index (χ1) is 10.6. The lowest BCUT2D eigenvalue weighted by atomic mass is 9.57. The van der Waals surface area contributed by atoms with Crippen molar-refractivity contribution < 1.29 is 22.8 Å². The van der Waals surface area contributed by atoms with Gasteiger partial charge in [0.25, 0.3) is 5.69 Å².